The molecule has 104 valence electrons. The van der Waals surface area contributed by atoms with Gasteiger partial charge in [-0.1, -0.05) is 61.2 Å². The second-order valence-corrected chi connectivity index (χ2v) is 8.06. The van der Waals surface area contributed by atoms with Crippen molar-refractivity contribution in [2.45, 2.75) is 6.55 Å². The van der Waals surface area contributed by atoms with Crippen molar-refractivity contribution in [3.05, 3.63) is 72.3 Å². The molecule has 0 fully saturated rings. The van der Waals surface area contributed by atoms with Crippen LogP contribution in [-0.2, 0) is 8.85 Å². The number of rotatable bonds is 5. The van der Waals surface area contributed by atoms with Gasteiger partial charge < -0.3 is 8.85 Å². The molecular formula is C17H20O2Si. The Morgan fingerprint density at radius 1 is 0.900 bits per heavy atom. The minimum atomic E-state index is -2.29. The molecular weight excluding hydrogens is 264 g/mol. The lowest BCUT2D eigenvalue weighted by molar-refractivity contribution is 0.265. The molecule has 0 N–H and O–H groups in total. The normalized spacial score (nSPS) is 11.3. The lowest BCUT2D eigenvalue weighted by atomic mass is 10.00. The van der Waals surface area contributed by atoms with Crippen LogP contribution >= 0.6 is 0 Å². The first-order valence-electron chi connectivity index (χ1n) is 6.56. The van der Waals surface area contributed by atoms with Crippen LogP contribution in [0.3, 0.4) is 0 Å². The quantitative estimate of drug-likeness (QED) is 0.784. The number of hydrogen-bond donors (Lipinski definition) is 0. The zero-order valence-corrected chi connectivity index (χ0v) is 13.2. The van der Waals surface area contributed by atoms with Crippen LogP contribution in [0.1, 0.15) is 11.1 Å². The first-order chi connectivity index (χ1) is 9.60. The molecule has 0 unspecified atom stereocenters. The van der Waals surface area contributed by atoms with E-state index in [0.717, 1.165) is 21.9 Å². The molecule has 0 amide bonds. The predicted molar refractivity (Wildman–Crippen MR) is 86.3 cm³/mol. The molecule has 0 saturated carbocycles. The van der Waals surface area contributed by atoms with Gasteiger partial charge in [0.25, 0.3) is 0 Å². The highest BCUT2D eigenvalue weighted by Gasteiger charge is 2.31. The van der Waals surface area contributed by atoms with Gasteiger partial charge in [0.05, 0.1) is 0 Å². The highest BCUT2D eigenvalue weighted by molar-refractivity contribution is 6.79. The maximum Gasteiger partial charge on any atom is 0.368 e. The number of benzene rings is 2. The summed E-state index contributed by atoms with van der Waals surface area (Å²) in [7, 11) is 1.11. The van der Waals surface area contributed by atoms with Gasteiger partial charge in [0.2, 0.25) is 0 Å². The predicted octanol–water partition coefficient (Wildman–Crippen LogP) is 3.32. The monoisotopic (exact) mass is 284 g/mol. The van der Waals surface area contributed by atoms with E-state index in [-0.39, 0.29) is 0 Å². The maximum atomic E-state index is 5.60. The lowest BCUT2D eigenvalue weighted by Gasteiger charge is -2.23. The molecule has 0 saturated heterocycles. The molecule has 0 heterocycles. The molecule has 0 spiro atoms. The van der Waals surface area contributed by atoms with Crippen molar-refractivity contribution < 1.29 is 8.85 Å². The molecule has 0 aliphatic rings. The van der Waals surface area contributed by atoms with Crippen LogP contribution in [-0.4, -0.2) is 22.8 Å². The van der Waals surface area contributed by atoms with Crippen molar-refractivity contribution in [1.82, 2.24) is 0 Å². The highest BCUT2D eigenvalue weighted by Crippen LogP contribution is 2.21. The van der Waals surface area contributed by atoms with E-state index in [4.69, 9.17) is 8.85 Å². The Kier molecular flexibility index (Phi) is 4.55. The Morgan fingerprint density at radius 3 is 2.10 bits per heavy atom. The first kappa shape index (κ1) is 14.7. The third-order valence-corrected chi connectivity index (χ3v) is 6.55. The van der Waals surface area contributed by atoms with Crippen molar-refractivity contribution >= 4 is 19.3 Å². The largest absolute Gasteiger partial charge is 0.394 e. The van der Waals surface area contributed by atoms with E-state index in [1.807, 2.05) is 30.8 Å². The Bertz CT molecular complexity index is 589. The smallest absolute Gasteiger partial charge is 0.368 e. The lowest BCUT2D eigenvalue weighted by Crippen LogP contribution is -2.49. The second kappa shape index (κ2) is 6.18. The molecule has 2 nitrogen and oxygen atoms in total. The van der Waals surface area contributed by atoms with Gasteiger partial charge in [-0.2, -0.15) is 0 Å². The fourth-order valence-electron chi connectivity index (χ4n) is 2.11. The molecule has 0 aliphatic carbocycles. The summed E-state index contributed by atoms with van der Waals surface area (Å²) in [4.78, 5) is 0. The SMILES string of the molecule is C=C(c1ccccc1)c1cccc([Si](C)(OC)OC)c1. The fraction of sp³-hybridized carbons (Fsp3) is 0.176. The third kappa shape index (κ3) is 2.90. The van der Waals surface area contributed by atoms with Crippen LogP contribution in [0.25, 0.3) is 5.57 Å². The van der Waals surface area contributed by atoms with Crippen LogP contribution in [0.5, 0.6) is 0 Å². The zero-order valence-electron chi connectivity index (χ0n) is 12.2. The molecule has 0 atom stereocenters. The van der Waals surface area contributed by atoms with Crippen molar-refractivity contribution in [2.75, 3.05) is 14.2 Å². The Balaban J connectivity index is 2.38. The maximum absolute atomic E-state index is 5.60. The van der Waals surface area contributed by atoms with Crippen LogP contribution in [0.2, 0.25) is 6.55 Å². The highest BCUT2D eigenvalue weighted by atomic mass is 28.4. The summed E-state index contributed by atoms with van der Waals surface area (Å²) in [5.41, 5.74) is 3.24. The van der Waals surface area contributed by atoms with Gasteiger partial charge in [-0.25, -0.2) is 0 Å². The summed E-state index contributed by atoms with van der Waals surface area (Å²) >= 11 is 0. The zero-order chi connectivity index (χ0) is 14.6. The molecule has 0 bridgehead atoms. The van der Waals surface area contributed by atoms with Gasteiger partial charge in [0.15, 0.2) is 0 Å². The van der Waals surface area contributed by atoms with Crippen LogP contribution in [0.4, 0.5) is 0 Å². The van der Waals surface area contributed by atoms with Gasteiger partial charge >= 0.3 is 8.56 Å². The van der Waals surface area contributed by atoms with Crippen molar-refractivity contribution in [3.8, 4) is 0 Å². The summed E-state index contributed by atoms with van der Waals surface area (Å²) in [6, 6.07) is 18.5. The molecule has 0 aromatic heterocycles. The van der Waals surface area contributed by atoms with Crippen molar-refractivity contribution in [2.24, 2.45) is 0 Å². The second-order valence-electron chi connectivity index (χ2n) is 4.78. The van der Waals surface area contributed by atoms with E-state index < -0.39 is 8.56 Å². The molecule has 2 rings (SSSR count). The standard InChI is InChI=1S/C17H20O2Si/c1-14(15-9-6-5-7-10-15)16-11-8-12-17(13-16)20(4,18-2)19-3/h5-13H,1H2,2-4H3. The average molecular weight is 284 g/mol. The molecule has 0 aliphatic heterocycles. The van der Waals surface area contributed by atoms with Gasteiger partial charge in [-0.3, -0.25) is 0 Å². The van der Waals surface area contributed by atoms with Crippen LogP contribution in [0.15, 0.2) is 61.2 Å². The Morgan fingerprint density at radius 2 is 1.50 bits per heavy atom. The topological polar surface area (TPSA) is 18.5 Å². The summed E-state index contributed by atoms with van der Waals surface area (Å²) in [5.74, 6) is 0. The van der Waals surface area contributed by atoms with Gasteiger partial charge in [0, 0.05) is 14.2 Å². The minimum absolute atomic E-state index is 1.01. The molecule has 20 heavy (non-hydrogen) atoms. The van der Waals surface area contributed by atoms with Crippen LogP contribution < -0.4 is 5.19 Å². The minimum Gasteiger partial charge on any atom is -0.394 e. The Labute approximate surface area is 121 Å². The van der Waals surface area contributed by atoms with Crippen molar-refractivity contribution in [1.29, 1.82) is 0 Å². The van der Waals surface area contributed by atoms with E-state index >= 15 is 0 Å². The summed E-state index contributed by atoms with van der Waals surface area (Å²) in [6.07, 6.45) is 0. The number of hydrogen-bond acceptors (Lipinski definition) is 2. The summed E-state index contributed by atoms with van der Waals surface area (Å²) < 4.78 is 11.2. The Hall–Kier alpha value is -1.68. The molecule has 0 radical (unpaired) electrons. The van der Waals surface area contributed by atoms with Crippen LogP contribution in [0, 0.1) is 0 Å². The molecule has 2 aromatic carbocycles. The molecule has 2 aromatic rings. The van der Waals surface area contributed by atoms with E-state index in [9.17, 15) is 0 Å². The fourth-order valence-corrected chi connectivity index (χ4v) is 3.57. The van der Waals surface area contributed by atoms with E-state index in [2.05, 4.69) is 36.9 Å². The molecule has 3 heteroatoms. The average Bonchev–Trinajstić information content (AvgIpc) is 2.54. The summed E-state index contributed by atoms with van der Waals surface area (Å²) in [6.45, 7) is 6.24. The van der Waals surface area contributed by atoms with Gasteiger partial charge in [0.1, 0.15) is 0 Å². The van der Waals surface area contributed by atoms with Gasteiger partial charge in [-0.05, 0) is 28.4 Å². The van der Waals surface area contributed by atoms with E-state index in [0.29, 0.717) is 0 Å². The first-order valence-corrected chi connectivity index (χ1v) is 8.88. The third-order valence-electron chi connectivity index (χ3n) is 3.64. The van der Waals surface area contributed by atoms with Gasteiger partial charge in [-0.15, -0.1) is 0 Å². The van der Waals surface area contributed by atoms with E-state index in [1.54, 1.807) is 14.2 Å². The summed E-state index contributed by atoms with van der Waals surface area (Å²) in [5, 5.41) is 1.11. The van der Waals surface area contributed by atoms with Crippen molar-refractivity contribution in [3.63, 3.8) is 0 Å². The van der Waals surface area contributed by atoms with E-state index in [1.165, 1.54) is 0 Å².